The van der Waals surface area contributed by atoms with Gasteiger partial charge < -0.3 is 5.32 Å². The fourth-order valence-electron chi connectivity index (χ4n) is 3.21. The molecule has 1 amide bonds. The monoisotopic (exact) mass is 309 g/mol. The van der Waals surface area contributed by atoms with Crippen LogP contribution in [0.15, 0.2) is 48.7 Å². The molecule has 2 aromatic rings. The van der Waals surface area contributed by atoms with Gasteiger partial charge in [0.15, 0.2) is 0 Å². The summed E-state index contributed by atoms with van der Waals surface area (Å²) in [6.07, 6.45) is 5.04. The standard InChI is InChI=1S/C19H23N3O/c1-22(13-16-9-4-5-12-20-16)14-19(23)21-18-11-6-8-15-7-2-3-10-17(15)18/h2-5,7,9-10,12,18H,6,8,11,13-14H2,1H3,(H,21,23). The highest BCUT2D eigenvalue weighted by Crippen LogP contribution is 2.29. The number of benzene rings is 1. The average Bonchev–Trinajstić information content (AvgIpc) is 2.56. The van der Waals surface area contributed by atoms with E-state index in [1.807, 2.05) is 30.1 Å². The molecule has 1 unspecified atom stereocenters. The van der Waals surface area contributed by atoms with Crippen LogP contribution >= 0.6 is 0 Å². The Morgan fingerprint density at radius 2 is 2.09 bits per heavy atom. The second kappa shape index (κ2) is 7.38. The van der Waals surface area contributed by atoms with Crippen LogP contribution in [0.4, 0.5) is 0 Å². The van der Waals surface area contributed by atoms with Crippen LogP contribution in [0.5, 0.6) is 0 Å². The molecule has 4 nitrogen and oxygen atoms in total. The van der Waals surface area contributed by atoms with Crippen molar-refractivity contribution in [2.24, 2.45) is 0 Å². The molecule has 0 spiro atoms. The van der Waals surface area contributed by atoms with Gasteiger partial charge in [-0.3, -0.25) is 14.7 Å². The minimum Gasteiger partial charge on any atom is -0.348 e. The van der Waals surface area contributed by atoms with Gasteiger partial charge in [-0.2, -0.15) is 0 Å². The Kier molecular flexibility index (Phi) is 5.03. The summed E-state index contributed by atoms with van der Waals surface area (Å²) in [6, 6.07) is 14.4. The first-order chi connectivity index (χ1) is 11.2. The normalized spacial score (nSPS) is 16.9. The van der Waals surface area contributed by atoms with Crippen LogP contribution < -0.4 is 5.32 Å². The van der Waals surface area contributed by atoms with Crippen molar-refractivity contribution in [3.8, 4) is 0 Å². The average molecular weight is 309 g/mol. The first-order valence-corrected chi connectivity index (χ1v) is 8.18. The molecule has 1 aliphatic rings. The van der Waals surface area contributed by atoms with E-state index in [0.717, 1.165) is 25.0 Å². The van der Waals surface area contributed by atoms with Gasteiger partial charge >= 0.3 is 0 Å². The SMILES string of the molecule is CN(CC(=O)NC1CCCc2ccccc21)Cc1ccccn1. The number of amides is 1. The molecule has 3 rings (SSSR count). The zero-order valence-electron chi connectivity index (χ0n) is 13.5. The van der Waals surface area contributed by atoms with Crippen LogP contribution in [0.3, 0.4) is 0 Å². The van der Waals surface area contributed by atoms with Crippen molar-refractivity contribution < 1.29 is 4.79 Å². The van der Waals surface area contributed by atoms with Gasteiger partial charge in [-0.15, -0.1) is 0 Å². The molecule has 1 aromatic heterocycles. The fourth-order valence-corrected chi connectivity index (χ4v) is 3.21. The van der Waals surface area contributed by atoms with Crippen molar-refractivity contribution in [1.82, 2.24) is 15.2 Å². The number of pyridine rings is 1. The summed E-state index contributed by atoms with van der Waals surface area (Å²) in [6.45, 7) is 1.06. The van der Waals surface area contributed by atoms with Gasteiger partial charge in [-0.25, -0.2) is 0 Å². The van der Waals surface area contributed by atoms with Crippen LogP contribution in [0, 0.1) is 0 Å². The molecular weight excluding hydrogens is 286 g/mol. The van der Waals surface area contributed by atoms with Gasteiger partial charge in [0.05, 0.1) is 18.3 Å². The lowest BCUT2D eigenvalue weighted by Gasteiger charge is -2.27. The first-order valence-electron chi connectivity index (χ1n) is 8.18. The first kappa shape index (κ1) is 15.7. The maximum absolute atomic E-state index is 12.3. The molecule has 0 saturated heterocycles. The van der Waals surface area contributed by atoms with Gasteiger partial charge in [-0.1, -0.05) is 30.3 Å². The Morgan fingerprint density at radius 3 is 2.91 bits per heavy atom. The third-order valence-corrected chi connectivity index (χ3v) is 4.28. The number of nitrogens with one attached hydrogen (secondary N) is 1. The second-order valence-corrected chi connectivity index (χ2v) is 6.20. The van der Waals surface area contributed by atoms with Crippen molar-refractivity contribution >= 4 is 5.91 Å². The Hall–Kier alpha value is -2.20. The molecule has 4 heteroatoms. The molecule has 1 N–H and O–H groups in total. The number of likely N-dealkylation sites (N-methyl/N-ethyl adjacent to an activating group) is 1. The van der Waals surface area contributed by atoms with E-state index in [1.54, 1.807) is 6.20 Å². The van der Waals surface area contributed by atoms with Crippen LogP contribution in [0.1, 0.15) is 35.7 Å². The van der Waals surface area contributed by atoms with E-state index in [-0.39, 0.29) is 11.9 Å². The molecule has 0 aliphatic heterocycles. The number of nitrogens with zero attached hydrogens (tertiary/aromatic N) is 2. The number of carbonyl (C=O) groups excluding carboxylic acids is 1. The van der Waals surface area contributed by atoms with Gasteiger partial charge in [0.1, 0.15) is 0 Å². The smallest absolute Gasteiger partial charge is 0.234 e. The quantitative estimate of drug-likeness (QED) is 0.923. The summed E-state index contributed by atoms with van der Waals surface area (Å²) in [5.41, 5.74) is 3.62. The van der Waals surface area contributed by atoms with E-state index >= 15 is 0 Å². The lowest BCUT2D eigenvalue weighted by Crippen LogP contribution is -2.38. The topological polar surface area (TPSA) is 45.2 Å². The van der Waals surface area contributed by atoms with Crippen molar-refractivity contribution in [2.75, 3.05) is 13.6 Å². The summed E-state index contributed by atoms with van der Waals surface area (Å²) >= 11 is 0. The Morgan fingerprint density at radius 1 is 1.26 bits per heavy atom. The summed E-state index contributed by atoms with van der Waals surface area (Å²) in [7, 11) is 1.95. The van der Waals surface area contributed by atoms with Crippen LogP contribution in [0.2, 0.25) is 0 Å². The molecule has 0 bridgehead atoms. The van der Waals surface area contributed by atoms with Gasteiger partial charge in [-0.05, 0) is 49.6 Å². The molecule has 0 saturated carbocycles. The summed E-state index contributed by atoms with van der Waals surface area (Å²) in [5.74, 6) is 0.0742. The van der Waals surface area contributed by atoms with Crippen LogP contribution in [-0.4, -0.2) is 29.4 Å². The fraction of sp³-hybridized carbons (Fsp3) is 0.368. The van der Waals surface area contributed by atoms with E-state index in [9.17, 15) is 4.79 Å². The molecule has 0 radical (unpaired) electrons. The minimum atomic E-state index is 0.0742. The molecule has 1 aliphatic carbocycles. The number of hydrogen-bond donors (Lipinski definition) is 1. The summed E-state index contributed by atoms with van der Waals surface area (Å²) < 4.78 is 0. The molecule has 0 fully saturated rings. The van der Waals surface area contributed by atoms with Crippen molar-refractivity contribution in [3.05, 3.63) is 65.5 Å². The highest BCUT2D eigenvalue weighted by atomic mass is 16.2. The summed E-state index contributed by atoms with van der Waals surface area (Å²) in [5, 5.41) is 3.19. The predicted octanol–water partition coefficient (Wildman–Crippen LogP) is 2.71. The zero-order chi connectivity index (χ0) is 16.1. The van der Waals surface area contributed by atoms with Gasteiger partial charge in [0.2, 0.25) is 5.91 Å². The third-order valence-electron chi connectivity index (χ3n) is 4.28. The highest BCUT2D eigenvalue weighted by molar-refractivity contribution is 5.78. The Bertz CT molecular complexity index is 657. The maximum Gasteiger partial charge on any atom is 0.234 e. The lowest BCUT2D eigenvalue weighted by atomic mass is 9.88. The van der Waals surface area contributed by atoms with Crippen LogP contribution in [-0.2, 0) is 17.8 Å². The second-order valence-electron chi connectivity index (χ2n) is 6.20. The molecular formula is C19H23N3O. The minimum absolute atomic E-state index is 0.0742. The summed E-state index contributed by atoms with van der Waals surface area (Å²) in [4.78, 5) is 18.6. The molecule has 1 heterocycles. The van der Waals surface area contributed by atoms with Crippen molar-refractivity contribution in [1.29, 1.82) is 0 Å². The van der Waals surface area contributed by atoms with E-state index in [4.69, 9.17) is 0 Å². The number of hydrogen-bond acceptors (Lipinski definition) is 3. The number of aromatic nitrogens is 1. The van der Waals surface area contributed by atoms with E-state index < -0.39 is 0 Å². The number of carbonyl (C=O) groups is 1. The third kappa shape index (κ3) is 4.17. The number of aryl methyl sites for hydroxylation is 1. The maximum atomic E-state index is 12.3. The Labute approximate surface area is 137 Å². The number of rotatable bonds is 5. The largest absolute Gasteiger partial charge is 0.348 e. The highest BCUT2D eigenvalue weighted by Gasteiger charge is 2.21. The van der Waals surface area contributed by atoms with Crippen LogP contribution in [0.25, 0.3) is 0 Å². The van der Waals surface area contributed by atoms with E-state index in [2.05, 4.69) is 34.6 Å². The predicted molar refractivity (Wildman–Crippen MR) is 90.8 cm³/mol. The lowest BCUT2D eigenvalue weighted by molar-refractivity contribution is -0.122. The number of fused-ring (bicyclic) bond motifs is 1. The molecule has 1 atom stereocenters. The van der Waals surface area contributed by atoms with E-state index in [1.165, 1.54) is 11.1 Å². The van der Waals surface area contributed by atoms with Crippen molar-refractivity contribution in [2.45, 2.75) is 31.8 Å². The zero-order valence-corrected chi connectivity index (χ0v) is 13.5. The molecule has 120 valence electrons. The van der Waals surface area contributed by atoms with Gasteiger partial charge in [0.25, 0.3) is 0 Å². The van der Waals surface area contributed by atoms with Gasteiger partial charge in [0, 0.05) is 12.7 Å². The Balaban J connectivity index is 1.56. The molecule has 23 heavy (non-hydrogen) atoms. The van der Waals surface area contributed by atoms with Crippen molar-refractivity contribution in [3.63, 3.8) is 0 Å². The van der Waals surface area contributed by atoms with E-state index in [0.29, 0.717) is 13.1 Å². The molecule has 1 aromatic carbocycles.